The van der Waals surface area contributed by atoms with Crippen LogP contribution in [0.3, 0.4) is 0 Å². The number of rotatable bonds is 5. The lowest BCUT2D eigenvalue weighted by Crippen LogP contribution is -2.17. The fourth-order valence-corrected chi connectivity index (χ4v) is 2.84. The maximum absolute atomic E-state index is 12.7. The maximum Gasteiger partial charge on any atom is 0.274 e. The second-order valence-corrected chi connectivity index (χ2v) is 6.76. The molecule has 0 spiro atoms. The highest BCUT2D eigenvalue weighted by Gasteiger charge is 2.12. The molecule has 1 heterocycles. The lowest BCUT2D eigenvalue weighted by Gasteiger charge is -2.11. The van der Waals surface area contributed by atoms with Crippen molar-refractivity contribution in [2.24, 2.45) is 0 Å². The van der Waals surface area contributed by atoms with E-state index in [-0.39, 0.29) is 5.91 Å². The van der Waals surface area contributed by atoms with E-state index in [1.807, 2.05) is 51.1 Å². The van der Waals surface area contributed by atoms with Gasteiger partial charge in [-0.05, 0) is 56.5 Å². The van der Waals surface area contributed by atoms with Gasteiger partial charge in [0.15, 0.2) is 0 Å². The van der Waals surface area contributed by atoms with Gasteiger partial charge in [-0.1, -0.05) is 42.0 Å². The number of anilines is 2. The van der Waals surface area contributed by atoms with Gasteiger partial charge in [-0.2, -0.15) is 0 Å². The Hall–Kier alpha value is -3.21. The van der Waals surface area contributed by atoms with Crippen LogP contribution in [0.1, 0.15) is 38.4 Å². The van der Waals surface area contributed by atoms with Crippen molar-refractivity contribution in [3.05, 3.63) is 82.2 Å². The summed E-state index contributed by atoms with van der Waals surface area (Å²) in [6.45, 7) is 8.53. The zero-order valence-electron chi connectivity index (χ0n) is 16.1. The van der Waals surface area contributed by atoms with E-state index in [1.165, 1.54) is 5.56 Å². The zero-order valence-corrected chi connectivity index (χ0v) is 16.1. The molecule has 2 N–H and O–H groups in total. The van der Waals surface area contributed by atoms with Crippen LogP contribution in [-0.2, 0) is 6.54 Å². The molecule has 27 heavy (non-hydrogen) atoms. The van der Waals surface area contributed by atoms with Gasteiger partial charge in [0.2, 0.25) is 5.95 Å². The number of hydrogen-bond acceptors (Lipinski definition) is 4. The number of nitrogens with one attached hydrogen (secondary N) is 2. The Morgan fingerprint density at radius 2 is 1.74 bits per heavy atom. The smallest absolute Gasteiger partial charge is 0.274 e. The normalized spacial score (nSPS) is 10.5. The minimum atomic E-state index is -0.243. The zero-order chi connectivity index (χ0) is 19.4. The van der Waals surface area contributed by atoms with Gasteiger partial charge in [0, 0.05) is 17.9 Å². The molecule has 0 aliphatic rings. The number of carbonyl (C=O) groups excluding carboxylic acids is 1. The summed E-state index contributed by atoms with van der Waals surface area (Å²) in [4.78, 5) is 21.4. The number of hydrogen-bond donors (Lipinski definition) is 2. The SMILES string of the molecule is Cc1cccc(CNc2nc(C)cc(C(=O)Nc3cccc(C)c3C)n2)c1. The Morgan fingerprint density at radius 1 is 0.963 bits per heavy atom. The number of aromatic nitrogens is 2. The number of nitrogens with zero attached hydrogens (tertiary/aromatic N) is 2. The van der Waals surface area contributed by atoms with Gasteiger partial charge in [0.25, 0.3) is 5.91 Å². The highest BCUT2D eigenvalue weighted by molar-refractivity contribution is 6.03. The first-order valence-electron chi connectivity index (χ1n) is 8.95. The number of amides is 1. The summed E-state index contributed by atoms with van der Waals surface area (Å²) in [6.07, 6.45) is 0. The van der Waals surface area contributed by atoms with E-state index in [4.69, 9.17) is 0 Å². The first kappa shape index (κ1) is 18.6. The van der Waals surface area contributed by atoms with Crippen LogP contribution in [0.2, 0.25) is 0 Å². The van der Waals surface area contributed by atoms with Crippen molar-refractivity contribution < 1.29 is 4.79 Å². The molecular weight excluding hydrogens is 336 g/mol. The number of carbonyl (C=O) groups is 1. The largest absolute Gasteiger partial charge is 0.350 e. The van der Waals surface area contributed by atoms with Crippen LogP contribution in [0.25, 0.3) is 0 Å². The molecule has 0 atom stereocenters. The second kappa shape index (κ2) is 7.99. The van der Waals surface area contributed by atoms with Crippen LogP contribution in [0, 0.1) is 27.7 Å². The van der Waals surface area contributed by atoms with Crippen LogP contribution in [0.4, 0.5) is 11.6 Å². The molecular formula is C22H24N4O. The van der Waals surface area contributed by atoms with Gasteiger partial charge in [-0.25, -0.2) is 9.97 Å². The minimum absolute atomic E-state index is 0.243. The summed E-state index contributed by atoms with van der Waals surface area (Å²) in [7, 11) is 0. The molecule has 0 saturated carbocycles. The van der Waals surface area contributed by atoms with E-state index in [0.29, 0.717) is 18.2 Å². The quantitative estimate of drug-likeness (QED) is 0.699. The van der Waals surface area contributed by atoms with Crippen LogP contribution in [0.15, 0.2) is 48.5 Å². The Balaban J connectivity index is 1.76. The third kappa shape index (κ3) is 4.70. The molecule has 2 aromatic carbocycles. The molecule has 3 rings (SSSR count). The third-order valence-corrected chi connectivity index (χ3v) is 4.47. The highest BCUT2D eigenvalue weighted by atomic mass is 16.1. The molecule has 0 aliphatic heterocycles. The van der Waals surface area contributed by atoms with E-state index in [2.05, 4.69) is 39.7 Å². The molecule has 5 heteroatoms. The molecule has 138 valence electrons. The summed E-state index contributed by atoms with van der Waals surface area (Å²) in [5, 5.41) is 6.15. The molecule has 1 amide bonds. The predicted molar refractivity (Wildman–Crippen MR) is 109 cm³/mol. The molecule has 0 aliphatic carbocycles. The lowest BCUT2D eigenvalue weighted by atomic mass is 10.1. The predicted octanol–water partition coefficient (Wildman–Crippen LogP) is 4.57. The average molecular weight is 360 g/mol. The van der Waals surface area contributed by atoms with Gasteiger partial charge >= 0.3 is 0 Å². The maximum atomic E-state index is 12.7. The second-order valence-electron chi connectivity index (χ2n) is 6.76. The lowest BCUT2D eigenvalue weighted by molar-refractivity contribution is 0.102. The molecule has 0 radical (unpaired) electrons. The molecule has 3 aromatic rings. The van der Waals surface area contributed by atoms with Gasteiger partial charge in [0.1, 0.15) is 5.69 Å². The Kier molecular flexibility index (Phi) is 5.50. The standard InChI is InChI=1S/C22H24N4O/c1-14-7-5-9-18(11-14)13-23-22-24-16(3)12-20(26-22)21(27)25-19-10-6-8-15(2)17(19)4/h5-12H,13H2,1-4H3,(H,25,27)(H,23,24,26). The first-order valence-corrected chi connectivity index (χ1v) is 8.95. The van der Waals surface area contributed by atoms with Crippen LogP contribution in [0.5, 0.6) is 0 Å². The minimum Gasteiger partial charge on any atom is -0.350 e. The van der Waals surface area contributed by atoms with E-state index < -0.39 is 0 Å². The van der Waals surface area contributed by atoms with Crippen molar-refractivity contribution in [2.45, 2.75) is 34.2 Å². The van der Waals surface area contributed by atoms with Crippen molar-refractivity contribution in [3.63, 3.8) is 0 Å². The summed E-state index contributed by atoms with van der Waals surface area (Å²) >= 11 is 0. The number of benzene rings is 2. The van der Waals surface area contributed by atoms with Gasteiger partial charge < -0.3 is 10.6 Å². The Labute approximate surface area is 159 Å². The van der Waals surface area contributed by atoms with Gasteiger partial charge in [0.05, 0.1) is 0 Å². The van der Waals surface area contributed by atoms with Gasteiger partial charge in [-0.15, -0.1) is 0 Å². The highest BCUT2D eigenvalue weighted by Crippen LogP contribution is 2.19. The van der Waals surface area contributed by atoms with Crippen LogP contribution < -0.4 is 10.6 Å². The van der Waals surface area contributed by atoms with Crippen molar-refractivity contribution >= 4 is 17.5 Å². The van der Waals surface area contributed by atoms with Crippen molar-refractivity contribution in [1.29, 1.82) is 0 Å². The molecule has 5 nitrogen and oxygen atoms in total. The first-order chi connectivity index (χ1) is 12.9. The summed E-state index contributed by atoms with van der Waals surface area (Å²) in [5.41, 5.74) is 6.40. The molecule has 0 unspecified atom stereocenters. The van der Waals surface area contributed by atoms with Crippen LogP contribution in [-0.4, -0.2) is 15.9 Å². The fraction of sp³-hybridized carbons (Fsp3) is 0.227. The van der Waals surface area contributed by atoms with Crippen molar-refractivity contribution in [1.82, 2.24) is 9.97 Å². The monoisotopic (exact) mass is 360 g/mol. The third-order valence-electron chi connectivity index (χ3n) is 4.47. The van der Waals surface area contributed by atoms with E-state index >= 15 is 0 Å². The summed E-state index contributed by atoms with van der Waals surface area (Å²) in [5.74, 6) is 0.204. The van der Waals surface area contributed by atoms with Crippen molar-refractivity contribution in [3.8, 4) is 0 Å². The Bertz CT molecular complexity index is 982. The summed E-state index contributed by atoms with van der Waals surface area (Å²) in [6, 6.07) is 15.8. The molecule has 1 aromatic heterocycles. The van der Waals surface area contributed by atoms with Crippen LogP contribution >= 0.6 is 0 Å². The fourth-order valence-electron chi connectivity index (χ4n) is 2.84. The van der Waals surface area contributed by atoms with E-state index in [1.54, 1.807) is 6.07 Å². The molecule has 0 bridgehead atoms. The summed E-state index contributed by atoms with van der Waals surface area (Å²) < 4.78 is 0. The van der Waals surface area contributed by atoms with Gasteiger partial charge in [-0.3, -0.25) is 4.79 Å². The topological polar surface area (TPSA) is 66.9 Å². The average Bonchev–Trinajstić information content (AvgIpc) is 2.63. The Morgan fingerprint density at radius 3 is 2.52 bits per heavy atom. The van der Waals surface area contributed by atoms with Crippen molar-refractivity contribution in [2.75, 3.05) is 10.6 Å². The molecule has 0 saturated heterocycles. The molecule has 0 fully saturated rings. The number of aryl methyl sites for hydroxylation is 3. The van der Waals surface area contributed by atoms with E-state index in [0.717, 1.165) is 28.1 Å². The van der Waals surface area contributed by atoms with E-state index in [9.17, 15) is 4.79 Å².